The summed E-state index contributed by atoms with van der Waals surface area (Å²) < 4.78 is 9.60. The number of imidazole rings is 2. The maximum atomic E-state index is 6.17. The Morgan fingerprint density at radius 3 is 2.76 bits per heavy atom. The van der Waals surface area contributed by atoms with Crippen molar-refractivity contribution in [3.05, 3.63) is 78.0 Å². The topological polar surface area (TPSA) is 61.7 Å². The van der Waals surface area contributed by atoms with Gasteiger partial charge in [-0.25, -0.2) is 9.97 Å². The molecule has 0 aliphatic heterocycles. The van der Waals surface area contributed by atoms with Crippen LogP contribution in [0.2, 0.25) is 5.02 Å². The first-order valence-electron chi connectivity index (χ1n) is 9.40. The molecule has 0 spiro atoms. The molecule has 3 aromatic heterocycles. The maximum Gasteiger partial charge on any atom is 0.166 e. The predicted molar refractivity (Wildman–Crippen MR) is 113 cm³/mol. The summed E-state index contributed by atoms with van der Waals surface area (Å²) in [6.07, 6.45) is 5.42. The lowest BCUT2D eigenvalue weighted by molar-refractivity contribution is 0.432. The van der Waals surface area contributed by atoms with E-state index in [1.165, 1.54) is 0 Å². The van der Waals surface area contributed by atoms with E-state index in [4.69, 9.17) is 21.1 Å². The lowest BCUT2D eigenvalue weighted by atomic mass is 10.1. The second-order valence-electron chi connectivity index (χ2n) is 6.74. The molecule has 5 rings (SSSR count). The molecule has 144 valence electrons. The Labute approximate surface area is 172 Å². The van der Waals surface area contributed by atoms with E-state index >= 15 is 0 Å². The highest BCUT2D eigenvalue weighted by Crippen LogP contribution is 2.26. The van der Waals surface area contributed by atoms with Gasteiger partial charge in [-0.3, -0.25) is 0 Å². The highest BCUT2D eigenvalue weighted by molar-refractivity contribution is 6.30. The molecule has 0 saturated heterocycles. The van der Waals surface area contributed by atoms with Gasteiger partial charge in [-0.1, -0.05) is 28.9 Å². The molecule has 6 nitrogen and oxygen atoms in total. The monoisotopic (exact) mass is 403 g/mol. The standard InChI is InChI=1S/C22H18ClN5O/c1-2-28-19-7-6-15(20-8-9-25-29-20)13-18(19)26-21(28)14-27-11-10-24-22(27)16-4-3-5-17(23)12-16/h3-13H,2,14H2,1H3. The number of aromatic nitrogens is 5. The summed E-state index contributed by atoms with van der Waals surface area (Å²) in [5.41, 5.74) is 3.97. The Kier molecular flexibility index (Phi) is 4.41. The number of nitrogens with zero attached hydrogens (tertiary/aromatic N) is 5. The zero-order valence-corrected chi connectivity index (χ0v) is 16.5. The summed E-state index contributed by atoms with van der Waals surface area (Å²) in [6, 6.07) is 15.7. The SMILES string of the molecule is CCn1c(Cn2ccnc2-c2cccc(Cl)c2)nc2cc(-c3ccno3)ccc21. The van der Waals surface area contributed by atoms with Gasteiger partial charge in [0.2, 0.25) is 0 Å². The fourth-order valence-corrected chi connectivity index (χ4v) is 3.84. The van der Waals surface area contributed by atoms with E-state index in [2.05, 4.69) is 32.3 Å². The van der Waals surface area contributed by atoms with Crippen LogP contribution in [0.25, 0.3) is 33.7 Å². The molecule has 5 aromatic rings. The molecular formula is C22H18ClN5O. The van der Waals surface area contributed by atoms with Crippen molar-refractivity contribution in [3.8, 4) is 22.7 Å². The molecule has 0 unspecified atom stereocenters. The normalized spacial score (nSPS) is 11.4. The summed E-state index contributed by atoms with van der Waals surface area (Å²) in [5.74, 6) is 2.57. The highest BCUT2D eigenvalue weighted by Gasteiger charge is 2.14. The van der Waals surface area contributed by atoms with E-state index in [9.17, 15) is 0 Å². The van der Waals surface area contributed by atoms with Gasteiger partial charge in [0.25, 0.3) is 0 Å². The first kappa shape index (κ1) is 17.7. The van der Waals surface area contributed by atoms with Crippen molar-refractivity contribution in [2.75, 3.05) is 0 Å². The first-order valence-corrected chi connectivity index (χ1v) is 9.78. The summed E-state index contributed by atoms with van der Waals surface area (Å²) in [6.45, 7) is 3.57. The van der Waals surface area contributed by atoms with Crippen LogP contribution in [-0.2, 0) is 13.1 Å². The third kappa shape index (κ3) is 3.21. The average Bonchev–Trinajstić information content (AvgIpc) is 3.47. The summed E-state index contributed by atoms with van der Waals surface area (Å²) in [5, 5.41) is 4.48. The minimum Gasteiger partial charge on any atom is -0.356 e. The second kappa shape index (κ2) is 7.22. The predicted octanol–water partition coefficient (Wildman–Crippen LogP) is 5.28. The first-order chi connectivity index (χ1) is 14.2. The maximum absolute atomic E-state index is 6.17. The van der Waals surface area contributed by atoms with Crippen LogP contribution in [0.5, 0.6) is 0 Å². The number of aryl methyl sites for hydroxylation is 1. The van der Waals surface area contributed by atoms with Crippen molar-refractivity contribution in [1.82, 2.24) is 24.3 Å². The molecule has 0 radical (unpaired) electrons. The smallest absolute Gasteiger partial charge is 0.166 e. The van der Waals surface area contributed by atoms with Crippen LogP contribution in [0.3, 0.4) is 0 Å². The highest BCUT2D eigenvalue weighted by atomic mass is 35.5. The molecular weight excluding hydrogens is 386 g/mol. The van der Waals surface area contributed by atoms with Gasteiger partial charge in [0, 0.05) is 41.2 Å². The molecule has 7 heteroatoms. The third-order valence-corrected chi connectivity index (χ3v) is 5.21. The Balaban J connectivity index is 1.55. The molecule has 2 aromatic carbocycles. The summed E-state index contributed by atoms with van der Waals surface area (Å²) >= 11 is 6.17. The van der Waals surface area contributed by atoms with Crippen molar-refractivity contribution in [2.24, 2.45) is 0 Å². The van der Waals surface area contributed by atoms with Crippen molar-refractivity contribution in [3.63, 3.8) is 0 Å². The fourth-order valence-electron chi connectivity index (χ4n) is 3.65. The van der Waals surface area contributed by atoms with Gasteiger partial charge < -0.3 is 13.7 Å². The Morgan fingerprint density at radius 2 is 1.97 bits per heavy atom. The molecule has 29 heavy (non-hydrogen) atoms. The molecule has 0 amide bonds. The quantitative estimate of drug-likeness (QED) is 0.400. The van der Waals surface area contributed by atoms with Gasteiger partial charge in [-0.05, 0) is 37.3 Å². The van der Waals surface area contributed by atoms with Crippen molar-refractivity contribution >= 4 is 22.6 Å². The van der Waals surface area contributed by atoms with Gasteiger partial charge in [0.15, 0.2) is 5.76 Å². The van der Waals surface area contributed by atoms with Crippen LogP contribution < -0.4 is 0 Å². The molecule has 0 fully saturated rings. The molecule has 3 heterocycles. The third-order valence-electron chi connectivity index (χ3n) is 4.98. The van der Waals surface area contributed by atoms with Crippen molar-refractivity contribution in [2.45, 2.75) is 20.0 Å². The number of benzene rings is 2. The average molecular weight is 404 g/mol. The van der Waals surface area contributed by atoms with Gasteiger partial charge >= 0.3 is 0 Å². The Bertz CT molecular complexity index is 1290. The lowest BCUT2D eigenvalue weighted by Gasteiger charge is -2.10. The van der Waals surface area contributed by atoms with Crippen molar-refractivity contribution in [1.29, 1.82) is 0 Å². The van der Waals surface area contributed by atoms with Crippen LogP contribution in [0.15, 0.2) is 71.6 Å². The van der Waals surface area contributed by atoms with Crippen LogP contribution in [-0.4, -0.2) is 24.3 Å². The van der Waals surface area contributed by atoms with Crippen LogP contribution in [0.1, 0.15) is 12.7 Å². The minimum absolute atomic E-state index is 0.613. The molecule has 0 bridgehead atoms. The summed E-state index contributed by atoms with van der Waals surface area (Å²) in [4.78, 5) is 9.44. The van der Waals surface area contributed by atoms with E-state index in [0.29, 0.717) is 11.6 Å². The molecule has 0 N–H and O–H groups in total. The molecule has 0 aliphatic carbocycles. The fraction of sp³-hybridized carbons (Fsp3) is 0.136. The second-order valence-corrected chi connectivity index (χ2v) is 7.18. The van der Waals surface area contributed by atoms with E-state index < -0.39 is 0 Å². The summed E-state index contributed by atoms with van der Waals surface area (Å²) in [7, 11) is 0. The molecule has 0 atom stereocenters. The van der Waals surface area contributed by atoms with Gasteiger partial charge in [0.1, 0.15) is 11.6 Å². The minimum atomic E-state index is 0.613. The van der Waals surface area contributed by atoms with Crippen LogP contribution in [0, 0.1) is 0 Å². The van der Waals surface area contributed by atoms with E-state index in [1.54, 1.807) is 12.4 Å². The lowest BCUT2D eigenvalue weighted by Crippen LogP contribution is -2.08. The Morgan fingerprint density at radius 1 is 1.03 bits per heavy atom. The van der Waals surface area contributed by atoms with Gasteiger partial charge in [0.05, 0.1) is 23.8 Å². The number of halogens is 1. The van der Waals surface area contributed by atoms with E-state index in [-0.39, 0.29) is 0 Å². The zero-order valence-electron chi connectivity index (χ0n) is 15.8. The van der Waals surface area contributed by atoms with E-state index in [0.717, 1.165) is 46.1 Å². The van der Waals surface area contributed by atoms with Gasteiger partial charge in [-0.2, -0.15) is 0 Å². The van der Waals surface area contributed by atoms with Gasteiger partial charge in [-0.15, -0.1) is 0 Å². The number of fused-ring (bicyclic) bond motifs is 1. The van der Waals surface area contributed by atoms with Crippen molar-refractivity contribution < 1.29 is 4.52 Å². The zero-order chi connectivity index (χ0) is 19.8. The number of hydrogen-bond acceptors (Lipinski definition) is 4. The number of rotatable bonds is 5. The van der Waals surface area contributed by atoms with Crippen LogP contribution >= 0.6 is 11.6 Å². The molecule has 0 saturated carbocycles. The Hall–Kier alpha value is -3.38. The van der Waals surface area contributed by atoms with Crippen LogP contribution in [0.4, 0.5) is 0 Å². The molecule has 0 aliphatic rings. The largest absolute Gasteiger partial charge is 0.356 e. The van der Waals surface area contributed by atoms with E-state index in [1.807, 2.05) is 48.7 Å². The number of hydrogen-bond donors (Lipinski definition) is 0.